The van der Waals surface area contributed by atoms with Gasteiger partial charge in [-0.1, -0.05) is 19.0 Å². The van der Waals surface area contributed by atoms with Crippen LogP contribution in [-0.2, 0) is 4.79 Å². The Bertz CT molecular complexity index is 821. The fourth-order valence-corrected chi connectivity index (χ4v) is 3.98. The lowest BCUT2D eigenvalue weighted by Crippen LogP contribution is -2.54. The number of amidine groups is 1. The second-order valence-electron chi connectivity index (χ2n) is 8.79. The number of alkyl halides is 3. The van der Waals surface area contributed by atoms with E-state index in [4.69, 9.17) is 4.52 Å². The molecule has 0 bridgehead atoms. The monoisotopic (exact) mass is 431 g/mol. The van der Waals surface area contributed by atoms with Gasteiger partial charge in [0.2, 0.25) is 5.91 Å². The zero-order valence-electron chi connectivity index (χ0n) is 17.7. The Morgan fingerprint density at radius 3 is 2.63 bits per heavy atom. The Morgan fingerprint density at radius 1 is 1.43 bits per heavy atom. The van der Waals surface area contributed by atoms with E-state index < -0.39 is 36.4 Å². The van der Waals surface area contributed by atoms with Crippen LogP contribution in [0.25, 0.3) is 0 Å². The summed E-state index contributed by atoms with van der Waals surface area (Å²) in [6, 6.07) is 1.04. The van der Waals surface area contributed by atoms with Crippen LogP contribution in [0.4, 0.5) is 13.2 Å². The average Bonchev–Trinajstić information content (AvgIpc) is 3.24. The van der Waals surface area contributed by atoms with Crippen molar-refractivity contribution < 1.29 is 27.6 Å². The molecule has 3 rings (SSSR count). The molecule has 0 aromatic carbocycles. The predicted octanol–water partition coefficient (Wildman–Crippen LogP) is 2.20. The molecule has 2 aliphatic rings. The summed E-state index contributed by atoms with van der Waals surface area (Å²) in [5.74, 6) is -0.349. The number of nitrogens with zero attached hydrogens (tertiary/aromatic N) is 4. The van der Waals surface area contributed by atoms with Gasteiger partial charge in [0.1, 0.15) is 29.7 Å². The molecular weight excluding hydrogens is 403 g/mol. The molecule has 0 spiro atoms. The van der Waals surface area contributed by atoms with E-state index in [2.05, 4.69) is 15.6 Å². The second kappa shape index (κ2) is 7.84. The number of aryl methyl sites for hydroxylation is 1. The van der Waals surface area contributed by atoms with Crippen molar-refractivity contribution in [1.29, 1.82) is 0 Å². The second-order valence-corrected chi connectivity index (χ2v) is 8.79. The van der Waals surface area contributed by atoms with Crippen molar-refractivity contribution >= 4 is 11.7 Å². The van der Waals surface area contributed by atoms with Gasteiger partial charge in [0.25, 0.3) is 0 Å². The standard InChI is InChI=1S/C19H28F3N5O3/c1-10(2)15(14-6-11(3)25-30-14)17(29)26-8-12(28)7-13(26)16-23-18(4,5)27(24-16)9-19(20,21)22/h6,10,12-13,15,28H,7-9H2,1-5H3,(H,23,24)/t12-,13+,15-/m1/s1. The first kappa shape index (κ1) is 22.5. The average molecular weight is 431 g/mol. The lowest BCUT2D eigenvalue weighted by molar-refractivity contribution is -0.159. The van der Waals surface area contributed by atoms with E-state index in [0.29, 0.717) is 11.5 Å². The third-order valence-electron chi connectivity index (χ3n) is 5.40. The highest BCUT2D eigenvalue weighted by molar-refractivity contribution is 5.94. The maximum Gasteiger partial charge on any atom is 0.403 e. The number of carbonyl (C=O) groups is 1. The summed E-state index contributed by atoms with van der Waals surface area (Å²) < 4.78 is 44.2. The number of nitrogens with one attached hydrogen (secondary N) is 1. The molecule has 2 aliphatic heterocycles. The summed E-state index contributed by atoms with van der Waals surface area (Å²) in [6.07, 6.45) is -5.02. The first-order valence-electron chi connectivity index (χ1n) is 9.91. The highest BCUT2D eigenvalue weighted by Gasteiger charge is 2.47. The van der Waals surface area contributed by atoms with Gasteiger partial charge in [-0.15, -0.1) is 0 Å². The minimum atomic E-state index is -4.41. The third-order valence-corrected chi connectivity index (χ3v) is 5.40. The van der Waals surface area contributed by atoms with Gasteiger partial charge in [-0.25, -0.2) is 4.99 Å². The van der Waals surface area contributed by atoms with Crippen molar-refractivity contribution in [2.45, 2.75) is 70.9 Å². The number of hydrazine groups is 1. The molecule has 8 nitrogen and oxygen atoms in total. The number of halogens is 3. The molecule has 11 heteroatoms. The van der Waals surface area contributed by atoms with Gasteiger partial charge in [-0.3, -0.25) is 4.79 Å². The van der Waals surface area contributed by atoms with Crippen molar-refractivity contribution in [1.82, 2.24) is 20.5 Å². The van der Waals surface area contributed by atoms with Crippen LogP contribution in [0.3, 0.4) is 0 Å². The van der Waals surface area contributed by atoms with Crippen LogP contribution in [0.5, 0.6) is 0 Å². The van der Waals surface area contributed by atoms with Crippen molar-refractivity contribution in [3.05, 3.63) is 17.5 Å². The van der Waals surface area contributed by atoms with Gasteiger partial charge in [0.15, 0.2) is 0 Å². The zero-order chi connectivity index (χ0) is 22.4. The van der Waals surface area contributed by atoms with Crippen LogP contribution in [0.1, 0.15) is 51.5 Å². The lowest BCUT2D eigenvalue weighted by atomic mass is 9.91. The molecule has 30 heavy (non-hydrogen) atoms. The third kappa shape index (κ3) is 4.61. The van der Waals surface area contributed by atoms with Crippen LogP contribution in [0, 0.1) is 12.8 Å². The van der Waals surface area contributed by atoms with Crippen LogP contribution < -0.4 is 5.43 Å². The summed E-state index contributed by atoms with van der Waals surface area (Å²) in [5.41, 5.74) is 2.22. The largest absolute Gasteiger partial charge is 0.403 e. The van der Waals surface area contributed by atoms with Gasteiger partial charge in [0.05, 0.1) is 17.8 Å². The number of likely N-dealkylation sites (tertiary alicyclic amines) is 1. The minimum absolute atomic E-state index is 0.0697. The maximum absolute atomic E-state index is 13.4. The normalized spacial score (nSPS) is 25.5. The van der Waals surface area contributed by atoms with E-state index in [1.807, 2.05) is 13.8 Å². The van der Waals surface area contributed by atoms with Gasteiger partial charge >= 0.3 is 6.18 Å². The molecule has 0 aliphatic carbocycles. The number of hydrogen-bond acceptors (Lipinski definition) is 7. The Labute approximate surface area is 173 Å². The van der Waals surface area contributed by atoms with E-state index in [1.54, 1.807) is 26.8 Å². The molecule has 168 valence electrons. The molecule has 3 heterocycles. The molecule has 1 amide bonds. The molecule has 3 atom stereocenters. The van der Waals surface area contributed by atoms with Crippen LogP contribution >= 0.6 is 0 Å². The quantitative estimate of drug-likeness (QED) is 0.743. The van der Waals surface area contributed by atoms with Gasteiger partial charge in [0, 0.05) is 19.0 Å². The fraction of sp³-hybridized carbons (Fsp3) is 0.737. The molecule has 0 unspecified atom stereocenters. The molecule has 1 saturated heterocycles. The fourth-order valence-electron chi connectivity index (χ4n) is 3.98. The molecule has 0 radical (unpaired) electrons. The number of aliphatic hydroxyl groups excluding tert-OH is 1. The smallest absolute Gasteiger partial charge is 0.391 e. The van der Waals surface area contributed by atoms with Gasteiger partial charge in [-0.05, 0) is 26.7 Å². The number of β-amino-alcohol motifs (C(OH)–C–C–N with tert-alkyl or cyclic N) is 1. The summed E-state index contributed by atoms with van der Waals surface area (Å²) in [6.45, 7) is 7.51. The number of aliphatic hydroxyl groups is 1. The van der Waals surface area contributed by atoms with E-state index in [-0.39, 0.29) is 30.6 Å². The molecule has 1 aromatic heterocycles. The summed E-state index contributed by atoms with van der Waals surface area (Å²) in [4.78, 5) is 19.3. The predicted molar refractivity (Wildman–Crippen MR) is 102 cm³/mol. The summed E-state index contributed by atoms with van der Waals surface area (Å²) >= 11 is 0. The maximum atomic E-state index is 13.4. The number of amides is 1. The molecule has 0 saturated carbocycles. The Hall–Kier alpha value is -2.14. The lowest BCUT2D eigenvalue weighted by Gasteiger charge is -2.31. The SMILES string of the molecule is Cc1cc([C@H](C(=O)N2C[C@H](O)C[C@H]2C2=NC(C)(C)N(CC(F)(F)F)N2)C(C)C)on1. The van der Waals surface area contributed by atoms with Crippen molar-refractivity contribution in [2.24, 2.45) is 10.9 Å². The van der Waals surface area contributed by atoms with E-state index in [1.165, 1.54) is 4.90 Å². The number of hydrogen-bond donors (Lipinski definition) is 2. The van der Waals surface area contributed by atoms with Crippen molar-refractivity contribution in [3.8, 4) is 0 Å². The molecular formula is C19H28F3N5O3. The van der Waals surface area contributed by atoms with E-state index in [0.717, 1.165) is 5.01 Å². The topological polar surface area (TPSA) is 94.2 Å². The molecule has 1 fully saturated rings. The molecule has 1 aromatic rings. The van der Waals surface area contributed by atoms with Crippen molar-refractivity contribution in [3.63, 3.8) is 0 Å². The number of aromatic nitrogens is 1. The first-order chi connectivity index (χ1) is 13.8. The summed E-state index contributed by atoms with van der Waals surface area (Å²) in [5, 5.41) is 15.1. The highest BCUT2D eigenvalue weighted by Crippen LogP contribution is 2.33. The van der Waals surface area contributed by atoms with Crippen LogP contribution in [0.2, 0.25) is 0 Å². The molecule has 2 N–H and O–H groups in total. The van der Waals surface area contributed by atoms with Crippen molar-refractivity contribution in [2.75, 3.05) is 13.1 Å². The number of carbonyl (C=O) groups excluding carboxylic acids is 1. The highest BCUT2D eigenvalue weighted by atomic mass is 19.4. The Kier molecular flexibility index (Phi) is 5.89. The minimum Gasteiger partial charge on any atom is -0.391 e. The Morgan fingerprint density at radius 2 is 2.10 bits per heavy atom. The van der Waals surface area contributed by atoms with Crippen LogP contribution in [-0.4, -0.2) is 69.0 Å². The van der Waals surface area contributed by atoms with E-state index in [9.17, 15) is 23.1 Å². The summed E-state index contributed by atoms with van der Waals surface area (Å²) in [7, 11) is 0. The number of rotatable bonds is 5. The van der Waals surface area contributed by atoms with E-state index >= 15 is 0 Å². The zero-order valence-corrected chi connectivity index (χ0v) is 17.7. The van der Waals surface area contributed by atoms with Crippen LogP contribution in [0.15, 0.2) is 15.6 Å². The Balaban J connectivity index is 1.86. The number of aliphatic imine (C=N–C) groups is 1. The van der Waals surface area contributed by atoms with Gasteiger partial charge in [-0.2, -0.15) is 18.2 Å². The van der Waals surface area contributed by atoms with Gasteiger partial charge < -0.3 is 20.0 Å². The first-order valence-corrected chi connectivity index (χ1v) is 9.91.